The van der Waals surface area contributed by atoms with Crippen molar-refractivity contribution in [3.63, 3.8) is 0 Å². The highest BCUT2D eigenvalue weighted by molar-refractivity contribution is 5.95. The summed E-state index contributed by atoms with van der Waals surface area (Å²) >= 11 is 0. The zero-order chi connectivity index (χ0) is 19.0. The number of likely N-dealkylation sites (tertiary alicyclic amines) is 1. The van der Waals surface area contributed by atoms with Crippen LogP contribution in [-0.2, 0) is 0 Å². The SMILES string of the molecule is CC1=NN(c2ccc(C(=O)N3CCCC3c3ccc(C)c(C)c3)cc2)CC1. The summed E-state index contributed by atoms with van der Waals surface area (Å²) in [6, 6.07) is 14.7. The first-order chi connectivity index (χ1) is 13.0. The number of aryl methyl sites for hydroxylation is 2. The van der Waals surface area contributed by atoms with Gasteiger partial charge in [-0.15, -0.1) is 0 Å². The van der Waals surface area contributed by atoms with Gasteiger partial charge in [0.15, 0.2) is 0 Å². The zero-order valence-corrected chi connectivity index (χ0v) is 16.4. The lowest BCUT2D eigenvalue weighted by molar-refractivity contribution is 0.0735. The Kier molecular flexibility index (Phi) is 4.73. The average Bonchev–Trinajstić information content (AvgIpc) is 3.33. The fourth-order valence-corrected chi connectivity index (χ4v) is 4.03. The van der Waals surface area contributed by atoms with E-state index in [-0.39, 0.29) is 11.9 Å². The highest BCUT2D eigenvalue weighted by atomic mass is 16.2. The minimum atomic E-state index is 0.128. The number of anilines is 1. The van der Waals surface area contributed by atoms with Crippen LogP contribution in [0.1, 0.15) is 59.3 Å². The number of hydrazone groups is 1. The Labute approximate surface area is 161 Å². The summed E-state index contributed by atoms with van der Waals surface area (Å²) in [5.41, 5.74) is 6.80. The summed E-state index contributed by atoms with van der Waals surface area (Å²) in [4.78, 5) is 15.2. The van der Waals surface area contributed by atoms with Crippen molar-refractivity contribution in [2.75, 3.05) is 18.1 Å². The van der Waals surface area contributed by atoms with E-state index < -0.39 is 0 Å². The molecule has 1 atom stereocenters. The van der Waals surface area contributed by atoms with E-state index in [0.717, 1.165) is 49.3 Å². The number of amides is 1. The van der Waals surface area contributed by atoms with Crippen molar-refractivity contribution in [1.82, 2.24) is 4.90 Å². The predicted octanol–water partition coefficient (Wildman–Crippen LogP) is 4.87. The van der Waals surface area contributed by atoms with Gasteiger partial charge in [0.1, 0.15) is 0 Å². The average molecular weight is 361 g/mol. The largest absolute Gasteiger partial charge is 0.332 e. The second-order valence-corrected chi connectivity index (χ2v) is 7.76. The van der Waals surface area contributed by atoms with Crippen LogP contribution in [0.5, 0.6) is 0 Å². The van der Waals surface area contributed by atoms with Crippen LogP contribution in [0.15, 0.2) is 47.6 Å². The Morgan fingerprint density at radius 1 is 1.00 bits per heavy atom. The van der Waals surface area contributed by atoms with Crippen molar-refractivity contribution in [3.8, 4) is 0 Å². The van der Waals surface area contributed by atoms with Crippen LogP contribution in [0.2, 0.25) is 0 Å². The molecule has 0 radical (unpaired) electrons. The highest BCUT2D eigenvalue weighted by Gasteiger charge is 2.30. The van der Waals surface area contributed by atoms with E-state index in [0.29, 0.717) is 0 Å². The van der Waals surface area contributed by atoms with Gasteiger partial charge in [-0.05, 0) is 74.6 Å². The van der Waals surface area contributed by atoms with Crippen molar-refractivity contribution in [1.29, 1.82) is 0 Å². The number of rotatable bonds is 3. The molecule has 4 rings (SSSR count). The zero-order valence-electron chi connectivity index (χ0n) is 16.4. The van der Waals surface area contributed by atoms with Crippen LogP contribution in [0, 0.1) is 13.8 Å². The lowest BCUT2D eigenvalue weighted by Crippen LogP contribution is -2.30. The van der Waals surface area contributed by atoms with Crippen molar-refractivity contribution in [2.24, 2.45) is 5.10 Å². The fraction of sp³-hybridized carbons (Fsp3) is 0.391. The van der Waals surface area contributed by atoms with Gasteiger partial charge in [-0.3, -0.25) is 9.80 Å². The first-order valence-corrected chi connectivity index (χ1v) is 9.83. The number of benzene rings is 2. The van der Waals surface area contributed by atoms with E-state index in [9.17, 15) is 4.79 Å². The van der Waals surface area contributed by atoms with E-state index in [1.54, 1.807) is 0 Å². The summed E-state index contributed by atoms with van der Waals surface area (Å²) in [6.45, 7) is 8.07. The highest BCUT2D eigenvalue weighted by Crippen LogP contribution is 2.34. The maximum atomic E-state index is 13.2. The van der Waals surface area contributed by atoms with Gasteiger partial charge in [0.05, 0.1) is 11.7 Å². The second kappa shape index (κ2) is 7.18. The molecule has 0 saturated carbocycles. The molecular weight excluding hydrogens is 334 g/mol. The van der Waals surface area contributed by atoms with E-state index in [1.807, 2.05) is 34.2 Å². The van der Waals surface area contributed by atoms with E-state index in [2.05, 4.69) is 44.1 Å². The van der Waals surface area contributed by atoms with Gasteiger partial charge in [-0.2, -0.15) is 5.10 Å². The van der Waals surface area contributed by atoms with Crippen LogP contribution < -0.4 is 5.01 Å². The summed E-state index contributed by atoms with van der Waals surface area (Å²) in [7, 11) is 0. The molecular formula is C23H27N3O. The predicted molar refractivity (Wildman–Crippen MR) is 110 cm³/mol. The molecule has 1 unspecified atom stereocenters. The molecule has 2 aromatic carbocycles. The molecule has 4 heteroatoms. The van der Waals surface area contributed by atoms with Crippen molar-refractivity contribution < 1.29 is 4.79 Å². The molecule has 0 N–H and O–H groups in total. The maximum absolute atomic E-state index is 13.2. The van der Waals surface area contributed by atoms with Crippen LogP contribution in [0.3, 0.4) is 0 Å². The Morgan fingerprint density at radius 2 is 1.78 bits per heavy atom. The lowest BCUT2D eigenvalue weighted by atomic mass is 9.99. The van der Waals surface area contributed by atoms with Gasteiger partial charge in [-0.1, -0.05) is 18.2 Å². The van der Waals surface area contributed by atoms with Crippen molar-refractivity contribution >= 4 is 17.3 Å². The molecule has 4 nitrogen and oxygen atoms in total. The molecule has 2 aliphatic heterocycles. The summed E-state index contributed by atoms with van der Waals surface area (Å²) in [5.74, 6) is 0.128. The van der Waals surface area contributed by atoms with Crippen molar-refractivity contribution in [3.05, 3.63) is 64.7 Å². The minimum absolute atomic E-state index is 0.128. The third-order valence-corrected chi connectivity index (χ3v) is 5.82. The monoisotopic (exact) mass is 361 g/mol. The minimum Gasteiger partial charge on any atom is -0.332 e. The second-order valence-electron chi connectivity index (χ2n) is 7.76. The molecule has 2 aliphatic rings. The Morgan fingerprint density at radius 3 is 2.44 bits per heavy atom. The summed E-state index contributed by atoms with van der Waals surface area (Å²) in [6.07, 6.45) is 3.10. The van der Waals surface area contributed by atoms with Gasteiger partial charge in [0.2, 0.25) is 0 Å². The van der Waals surface area contributed by atoms with Crippen LogP contribution >= 0.6 is 0 Å². The standard InChI is InChI=1S/C23H27N3O/c1-16-6-7-20(15-17(16)2)22-5-4-13-25(22)23(27)19-8-10-21(11-9-19)26-14-12-18(3)24-26/h6-11,15,22H,4-5,12-14H2,1-3H3. The quantitative estimate of drug-likeness (QED) is 0.782. The number of nitrogens with zero attached hydrogens (tertiary/aromatic N) is 3. The number of carbonyl (C=O) groups excluding carboxylic acids is 1. The molecule has 27 heavy (non-hydrogen) atoms. The van der Waals surface area contributed by atoms with E-state index in [1.165, 1.54) is 16.7 Å². The topological polar surface area (TPSA) is 35.9 Å². The van der Waals surface area contributed by atoms with Crippen LogP contribution in [0.25, 0.3) is 0 Å². The molecule has 140 valence electrons. The van der Waals surface area contributed by atoms with E-state index in [4.69, 9.17) is 0 Å². The van der Waals surface area contributed by atoms with E-state index >= 15 is 0 Å². The van der Waals surface area contributed by atoms with Crippen LogP contribution in [-0.4, -0.2) is 29.6 Å². The number of hydrogen-bond acceptors (Lipinski definition) is 3. The Bertz CT molecular complexity index is 885. The van der Waals surface area contributed by atoms with Gasteiger partial charge in [-0.25, -0.2) is 0 Å². The normalized spacial score (nSPS) is 19.5. The smallest absolute Gasteiger partial charge is 0.254 e. The van der Waals surface area contributed by atoms with Crippen LogP contribution in [0.4, 0.5) is 5.69 Å². The van der Waals surface area contributed by atoms with Crippen molar-refractivity contribution in [2.45, 2.75) is 46.1 Å². The molecule has 1 fully saturated rings. The number of carbonyl (C=O) groups is 1. The Balaban J connectivity index is 1.53. The first kappa shape index (κ1) is 17.8. The molecule has 2 aromatic rings. The Hall–Kier alpha value is -2.62. The molecule has 1 saturated heterocycles. The van der Waals surface area contributed by atoms with Gasteiger partial charge < -0.3 is 4.90 Å². The molecule has 1 amide bonds. The molecule has 2 heterocycles. The summed E-state index contributed by atoms with van der Waals surface area (Å²) in [5, 5.41) is 6.54. The molecule has 0 bridgehead atoms. The molecule has 0 spiro atoms. The fourth-order valence-electron chi connectivity index (χ4n) is 4.03. The first-order valence-electron chi connectivity index (χ1n) is 9.83. The van der Waals surface area contributed by atoms with Gasteiger partial charge >= 0.3 is 0 Å². The summed E-state index contributed by atoms with van der Waals surface area (Å²) < 4.78 is 0. The number of hydrogen-bond donors (Lipinski definition) is 0. The molecule has 0 aromatic heterocycles. The lowest BCUT2D eigenvalue weighted by Gasteiger charge is -2.26. The molecule has 0 aliphatic carbocycles. The third-order valence-electron chi connectivity index (χ3n) is 5.82. The third kappa shape index (κ3) is 3.48. The maximum Gasteiger partial charge on any atom is 0.254 e. The van der Waals surface area contributed by atoms with Gasteiger partial charge in [0.25, 0.3) is 5.91 Å². The van der Waals surface area contributed by atoms with Gasteiger partial charge in [0, 0.05) is 30.8 Å².